The SMILES string of the molecule is CCCCCCOCCCCCCCCC#CCCCCO. The zero-order valence-corrected chi connectivity index (χ0v) is 14.9. The highest BCUT2D eigenvalue weighted by Crippen LogP contribution is 2.07. The van der Waals surface area contributed by atoms with Gasteiger partial charge in [0.1, 0.15) is 0 Å². The van der Waals surface area contributed by atoms with Crippen LogP contribution in [0.5, 0.6) is 0 Å². The van der Waals surface area contributed by atoms with Crippen LogP contribution in [0.2, 0.25) is 0 Å². The smallest absolute Gasteiger partial charge is 0.0466 e. The standard InChI is InChI=1S/C20H38O2/c1-2-3-4-16-19-22-20-17-14-12-10-8-6-5-7-9-11-13-15-18-21/h21H,2-6,8,10-20H2,1H3. The molecule has 0 unspecified atom stereocenters. The van der Waals surface area contributed by atoms with Crippen molar-refractivity contribution >= 4 is 0 Å². The van der Waals surface area contributed by atoms with Gasteiger partial charge in [0.25, 0.3) is 0 Å². The van der Waals surface area contributed by atoms with Crippen LogP contribution in [0.3, 0.4) is 0 Å². The van der Waals surface area contributed by atoms with E-state index in [4.69, 9.17) is 9.84 Å². The number of hydrogen-bond acceptors (Lipinski definition) is 2. The van der Waals surface area contributed by atoms with Crippen LogP contribution in [-0.4, -0.2) is 24.9 Å². The first-order valence-electron chi connectivity index (χ1n) is 9.56. The Balaban J connectivity index is 3.02. The van der Waals surface area contributed by atoms with Crippen molar-refractivity contribution in [3.63, 3.8) is 0 Å². The fourth-order valence-corrected chi connectivity index (χ4v) is 2.36. The first-order valence-corrected chi connectivity index (χ1v) is 9.56. The molecule has 0 spiro atoms. The molecule has 0 aliphatic rings. The van der Waals surface area contributed by atoms with Crippen molar-refractivity contribution < 1.29 is 9.84 Å². The fourth-order valence-electron chi connectivity index (χ4n) is 2.36. The molecule has 0 aromatic heterocycles. The maximum Gasteiger partial charge on any atom is 0.0466 e. The van der Waals surface area contributed by atoms with Crippen molar-refractivity contribution in [2.24, 2.45) is 0 Å². The van der Waals surface area contributed by atoms with Gasteiger partial charge in [0, 0.05) is 32.7 Å². The minimum atomic E-state index is 0.297. The summed E-state index contributed by atoms with van der Waals surface area (Å²) in [7, 11) is 0. The molecule has 0 aliphatic carbocycles. The summed E-state index contributed by atoms with van der Waals surface area (Å²) in [5.74, 6) is 6.42. The van der Waals surface area contributed by atoms with Crippen LogP contribution in [0.25, 0.3) is 0 Å². The molecule has 0 aliphatic heterocycles. The first kappa shape index (κ1) is 21.5. The van der Waals surface area contributed by atoms with E-state index in [1.54, 1.807) is 0 Å². The quantitative estimate of drug-likeness (QED) is 0.302. The summed E-state index contributed by atoms with van der Waals surface area (Å²) < 4.78 is 5.65. The summed E-state index contributed by atoms with van der Waals surface area (Å²) in [6.45, 7) is 4.45. The molecule has 0 rings (SSSR count). The molecule has 0 fully saturated rings. The molecule has 0 heterocycles. The molecule has 2 nitrogen and oxygen atoms in total. The van der Waals surface area contributed by atoms with Crippen LogP contribution in [0, 0.1) is 11.8 Å². The van der Waals surface area contributed by atoms with Gasteiger partial charge in [-0.25, -0.2) is 0 Å². The molecule has 0 aromatic carbocycles. The highest BCUT2D eigenvalue weighted by molar-refractivity contribution is 4.98. The second-order valence-corrected chi connectivity index (χ2v) is 6.08. The number of aliphatic hydroxyl groups excluding tert-OH is 1. The van der Waals surface area contributed by atoms with Gasteiger partial charge in [0.05, 0.1) is 0 Å². The van der Waals surface area contributed by atoms with Gasteiger partial charge in [-0.15, -0.1) is 11.8 Å². The summed E-state index contributed by atoms with van der Waals surface area (Å²) in [6.07, 6.45) is 16.8. The van der Waals surface area contributed by atoms with Gasteiger partial charge < -0.3 is 9.84 Å². The topological polar surface area (TPSA) is 29.5 Å². The fraction of sp³-hybridized carbons (Fsp3) is 0.900. The van der Waals surface area contributed by atoms with Gasteiger partial charge in [0.15, 0.2) is 0 Å². The van der Waals surface area contributed by atoms with E-state index >= 15 is 0 Å². The van der Waals surface area contributed by atoms with E-state index in [1.165, 1.54) is 64.2 Å². The molecule has 0 amide bonds. The third-order valence-electron chi connectivity index (χ3n) is 3.82. The Morgan fingerprint density at radius 3 is 1.73 bits per heavy atom. The molecule has 0 radical (unpaired) electrons. The Morgan fingerprint density at radius 2 is 1.14 bits per heavy atom. The molecule has 22 heavy (non-hydrogen) atoms. The Bertz CT molecular complexity index is 252. The first-order chi connectivity index (χ1) is 10.9. The van der Waals surface area contributed by atoms with Crippen molar-refractivity contribution in [3.05, 3.63) is 0 Å². The number of hydrogen-bond donors (Lipinski definition) is 1. The zero-order valence-electron chi connectivity index (χ0n) is 14.9. The molecular weight excluding hydrogens is 272 g/mol. The molecule has 0 aromatic rings. The zero-order chi connectivity index (χ0) is 16.1. The molecule has 0 saturated carbocycles. The van der Waals surface area contributed by atoms with Crippen molar-refractivity contribution in [2.75, 3.05) is 19.8 Å². The van der Waals surface area contributed by atoms with Crippen molar-refractivity contribution in [3.8, 4) is 11.8 Å². The Morgan fingerprint density at radius 1 is 0.636 bits per heavy atom. The van der Waals surface area contributed by atoms with Gasteiger partial charge in [-0.3, -0.25) is 0 Å². The second-order valence-electron chi connectivity index (χ2n) is 6.08. The summed E-state index contributed by atoms with van der Waals surface area (Å²) in [6, 6.07) is 0. The van der Waals surface area contributed by atoms with E-state index < -0.39 is 0 Å². The van der Waals surface area contributed by atoms with Crippen molar-refractivity contribution in [2.45, 2.75) is 96.8 Å². The van der Waals surface area contributed by atoms with E-state index in [1.807, 2.05) is 0 Å². The van der Waals surface area contributed by atoms with E-state index in [2.05, 4.69) is 18.8 Å². The minimum Gasteiger partial charge on any atom is -0.396 e. The van der Waals surface area contributed by atoms with Crippen LogP contribution in [0.15, 0.2) is 0 Å². The lowest BCUT2D eigenvalue weighted by Gasteiger charge is -2.04. The lowest BCUT2D eigenvalue weighted by Crippen LogP contribution is -1.97. The van der Waals surface area contributed by atoms with Crippen LogP contribution >= 0.6 is 0 Å². The summed E-state index contributed by atoms with van der Waals surface area (Å²) in [5, 5.41) is 8.65. The number of unbranched alkanes of at least 4 members (excludes halogenated alkanes) is 11. The van der Waals surface area contributed by atoms with Crippen LogP contribution in [-0.2, 0) is 4.74 Å². The highest BCUT2D eigenvalue weighted by Gasteiger charge is 1.93. The van der Waals surface area contributed by atoms with Crippen LogP contribution < -0.4 is 0 Å². The van der Waals surface area contributed by atoms with Gasteiger partial charge in [-0.1, -0.05) is 51.9 Å². The van der Waals surface area contributed by atoms with E-state index in [0.717, 1.165) is 38.9 Å². The summed E-state index contributed by atoms with van der Waals surface area (Å²) in [4.78, 5) is 0. The summed E-state index contributed by atoms with van der Waals surface area (Å²) in [5.41, 5.74) is 0. The number of aliphatic hydroxyl groups is 1. The van der Waals surface area contributed by atoms with Crippen LogP contribution in [0.1, 0.15) is 96.8 Å². The van der Waals surface area contributed by atoms with Crippen LogP contribution in [0.4, 0.5) is 0 Å². The third kappa shape index (κ3) is 19.5. The Kier molecular flexibility index (Phi) is 20.0. The average molecular weight is 311 g/mol. The Hall–Kier alpha value is -0.520. The highest BCUT2D eigenvalue weighted by atomic mass is 16.5. The number of ether oxygens (including phenoxy) is 1. The minimum absolute atomic E-state index is 0.297. The van der Waals surface area contributed by atoms with Gasteiger partial charge in [0.2, 0.25) is 0 Å². The van der Waals surface area contributed by atoms with Crippen molar-refractivity contribution in [1.29, 1.82) is 0 Å². The average Bonchev–Trinajstić information content (AvgIpc) is 2.54. The molecular formula is C20H38O2. The predicted octanol–water partition coefficient (Wildman–Crippen LogP) is 5.48. The third-order valence-corrected chi connectivity index (χ3v) is 3.82. The van der Waals surface area contributed by atoms with Gasteiger partial charge in [-0.2, -0.15) is 0 Å². The monoisotopic (exact) mass is 310 g/mol. The molecule has 130 valence electrons. The number of rotatable bonds is 16. The largest absolute Gasteiger partial charge is 0.396 e. The Labute approximate surface area is 139 Å². The normalized spacial score (nSPS) is 10.5. The predicted molar refractivity (Wildman–Crippen MR) is 96.0 cm³/mol. The van der Waals surface area contributed by atoms with E-state index in [0.29, 0.717) is 6.61 Å². The maximum absolute atomic E-state index is 8.65. The van der Waals surface area contributed by atoms with E-state index in [-0.39, 0.29) is 0 Å². The van der Waals surface area contributed by atoms with Crippen molar-refractivity contribution in [1.82, 2.24) is 0 Å². The lowest BCUT2D eigenvalue weighted by molar-refractivity contribution is 0.125. The molecule has 0 bridgehead atoms. The molecule has 2 heteroatoms. The summed E-state index contributed by atoms with van der Waals surface area (Å²) >= 11 is 0. The maximum atomic E-state index is 8.65. The lowest BCUT2D eigenvalue weighted by atomic mass is 10.1. The van der Waals surface area contributed by atoms with Gasteiger partial charge in [-0.05, 0) is 32.1 Å². The second kappa shape index (κ2) is 20.5. The molecule has 0 saturated heterocycles. The molecule has 1 N–H and O–H groups in total. The van der Waals surface area contributed by atoms with E-state index in [9.17, 15) is 0 Å². The van der Waals surface area contributed by atoms with Gasteiger partial charge >= 0.3 is 0 Å². The molecule has 0 atom stereocenters.